The van der Waals surface area contributed by atoms with Crippen molar-refractivity contribution in [3.8, 4) is 11.5 Å². The smallest absolute Gasteiger partial charge is 0.258 e. The van der Waals surface area contributed by atoms with Crippen LogP contribution in [0.15, 0.2) is 72.8 Å². The van der Waals surface area contributed by atoms with Crippen molar-refractivity contribution < 1.29 is 14.3 Å². The molecule has 0 bridgehead atoms. The second-order valence-electron chi connectivity index (χ2n) is 7.45. The molecule has 0 aromatic heterocycles. The van der Waals surface area contributed by atoms with Gasteiger partial charge in [-0.1, -0.05) is 36.4 Å². The predicted octanol–water partition coefficient (Wildman–Crippen LogP) is 5.01. The van der Waals surface area contributed by atoms with E-state index in [1.807, 2.05) is 41.3 Å². The van der Waals surface area contributed by atoms with Gasteiger partial charge in [-0.25, -0.2) is 0 Å². The first-order valence-electron chi connectivity index (χ1n) is 9.84. The van der Waals surface area contributed by atoms with Crippen LogP contribution in [0.5, 0.6) is 11.5 Å². The molecule has 3 aromatic rings. The lowest BCUT2D eigenvalue weighted by Gasteiger charge is -2.40. The van der Waals surface area contributed by atoms with E-state index in [1.165, 1.54) is 0 Å². The maximum absolute atomic E-state index is 13.4. The summed E-state index contributed by atoms with van der Waals surface area (Å²) in [6.07, 6.45) is 0.822. The van der Waals surface area contributed by atoms with Crippen LogP contribution in [0.4, 0.5) is 11.4 Å². The fourth-order valence-corrected chi connectivity index (χ4v) is 4.16. The summed E-state index contributed by atoms with van der Waals surface area (Å²) in [5.74, 6) is 1.28. The van der Waals surface area contributed by atoms with Gasteiger partial charge in [0.15, 0.2) is 11.5 Å². The largest absolute Gasteiger partial charge is 0.454 e. The molecule has 2 aliphatic rings. The van der Waals surface area contributed by atoms with Crippen molar-refractivity contribution in [2.75, 3.05) is 17.0 Å². The van der Waals surface area contributed by atoms with Crippen LogP contribution in [-0.2, 0) is 0 Å². The summed E-state index contributed by atoms with van der Waals surface area (Å²) in [6, 6.07) is 23.9. The molecule has 146 valence electrons. The molecule has 0 radical (unpaired) electrons. The number of anilines is 2. The lowest BCUT2D eigenvalue weighted by atomic mass is 9.90. The number of carbonyl (C=O) groups excluding carboxylic acids is 1. The van der Waals surface area contributed by atoms with Gasteiger partial charge in [0.05, 0.1) is 6.04 Å². The van der Waals surface area contributed by atoms with Crippen molar-refractivity contribution in [2.45, 2.75) is 25.4 Å². The monoisotopic (exact) mass is 386 g/mol. The Morgan fingerprint density at radius 2 is 1.72 bits per heavy atom. The molecule has 0 saturated heterocycles. The Labute approximate surface area is 169 Å². The molecule has 0 spiro atoms. The van der Waals surface area contributed by atoms with Crippen molar-refractivity contribution in [2.24, 2.45) is 0 Å². The summed E-state index contributed by atoms with van der Waals surface area (Å²) < 4.78 is 10.8. The Kier molecular flexibility index (Phi) is 4.35. The van der Waals surface area contributed by atoms with Crippen LogP contribution in [0, 0.1) is 0 Å². The highest BCUT2D eigenvalue weighted by Crippen LogP contribution is 2.40. The van der Waals surface area contributed by atoms with Crippen LogP contribution in [0.2, 0.25) is 0 Å². The molecular formula is C24H22N2O3. The Morgan fingerprint density at radius 3 is 2.59 bits per heavy atom. The number of para-hydroxylation sites is 2. The van der Waals surface area contributed by atoms with Gasteiger partial charge in [-0.2, -0.15) is 0 Å². The average molecular weight is 386 g/mol. The van der Waals surface area contributed by atoms with E-state index in [4.69, 9.17) is 9.47 Å². The number of hydrogen-bond acceptors (Lipinski definition) is 4. The molecule has 3 aromatic carbocycles. The summed E-state index contributed by atoms with van der Waals surface area (Å²) in [6.45, 7) is 2.29. The molecule has 29 heavy (non-hydrogen) atoms. The summed E-state index contributed by atoms with van der Waals surface area (Å²) in [5.41, 5.74) is 3.76. The average Bonchev–Trinajstić information content (AvgIpc) is 3.22. The first kappa shape index (κ1) is 17.6. The summed E-state index contributed by atoms with van der Waals surface area (Å²) in [7, 11) is 0. The number of carbonyl (C=O) groups is 1. The fraction of sp³-hybridized carbons (Fsp3) is 0.208. The van der Waals surface area contributed by atoms with E-state index < -0.39 is 0 Å². The van der Waals surface area contributed by atoms with Gasteiger partial charge in [-0.05, 0) is 55.3 Å². The standard InChI is InChI=1S/C24H22N2O3/c1-16-13-20(25-18-7-3-2-4-8-18)19-9-5-6-10-21(19)26(16)24(27)17-11-12-22-23(14-17)29-15-28-22/h2-12,14,16,20,25H,13,15H2,1H3. The van der Waals surface area contributed by atoms with Gasteiger partial charge in [-0.15, -0.1) is 0 Å². The van der Waals surface area contributed by atoms with Crippen LogP contribution in [0.1, 0.15) is 35.3 Å². The predicted molar refractivity (Wildman–Crippen MR) is 113 cm³/mol. The molecule has 5 heteroatoms. The zero-order valence-electron chi connectivity index (χ0n) is 16.2. The van der Waals surface area contributed by atoms with Crippen LogP contribution >= 0.6 is 0 Å². The third kappa shape index (κ3) is 3.18. The van der Waals surface area contributed by atoms with E-state index in [1.54, 1.807) is 18.2 Å². The Hall–Kier alpha value is -3.47. The highest BCUT2D eigenvalue weighted by Gasteiger charge is 2.34. The number of fused-ring (bicyclic) bond motifs is 2. The molecule has 2 heterocycles. The number of hydrogen-bond donors (Lipinski definition) is 1. The third-order valence-electron chi connectivity index (χ3n) is 5.54. The van der Waals surface area contributed by atoms with Crippen molar-refractivity contribution in [3.05, 3.63) is 83.9 Å². The highest BCUT2D eigenvalue weighted by molar-refractivity contribution is 6.07. The van der Waals surface area contributed by atoms with Gasteiger partial charge < -0.3 is 19.7 Å². The summed E-state index contributed by atoms with van der Waals surface area (Å²) in [4.78, 5) is 15.3. The molecular weight excluding hydrogens is 364 g/mol. The molecule has 2 aliphatic heterocycles. The molecule has 5 nitrogen and oxygen atoms in total. The number of benzene rings is 3. The molecule has 0 saturated carbocycles. The minimum absolute atomic E-state index is 0.0265. The van der Waals surface area contributed by atoms with E-state index in [2.05, 4.69) is 30.4 Å². The normalized spacial score (nSPS) is 19.6. The van der Waals surface area contributed by atoms with Gasteiger partial charge in [0, 0.05) is 23.0 Å². The van der Waals surface area contributed by atoms with Crippen LogP contribution in [0.25, 0.3) is 0 Å². The first-order valence-corrected chi connectivity index (χ1v) is 9.84. The number of nitrogens with zero attached hydrogens (tertiary/aromatic N) is 1. The quantitative estimate of drug-likeness (QED) is 0.688. The summed E-state index contributed by atoms with van der Waals surface area (Å²) in [5, 5.41) is 3.63. The zero-order valence-corrected chi connectivity index (χ0v) is 16.2. The molecule has 0 fully saturated rings. The second-order valence-corrected chi connectivity index (χ2v) is 7.45. The Bertz CT molecular complexity index is 1050. The lowest BCUT2D eigenvalue weighted by molar-refractivity contribution is 0.0973. The Morgan fingerprint density at radius 1 is 0.966 bits per heavy atom. The SMILES string of the molecule is CC1CC(Nc2ccccc2)c2ccccc2N1C(=O)c1ccc2c(c1)OCO2. The molecule has 0 aliphatic carbocycles. The molecule has 2 atom stereocenters. The van der Waals surface area contributed by atoms with Crippen molar-refractivity contribution in [3.63, 3.8) is 0 Å². The van der Waals surface area contributed by atoms with Gasteiger partial charge in [0.25, 0.3) is 5.91 Å². The lowest BCUT2D eigenvalue weighted by Crippen LogP contribution is -2.44. The maximum atomic E-state index is 13.4. The van der Waals surface area contributed by atoms with Crippen LogP contribution in [0.3, 0.4) is 0 Å². The van der Waals surface area contributed by atoms with Crippen molar-refractivity contribution >= 4 is 17.3 Å². The first-order chi connectivity index (χ1) is 14.2. The summed E-state index contributed by atoms with van der Waals surface area (Å²) >= 11 is 0. The van der Waals surface area contributed by atoms with Gasteiger partial charge >= 0.3 is 0 Å². The van der Waals surface area contributed by atoms with Crippen LogP contribution < -0.4 is 19.7 Å². The number of amides is 1. The van der Waals surface area contributed by atoms with E-state index in [-0.39, 0.29) is 24.8 Å². The number of nitrogens with one attached hydrogen (secondary N) is 1. The van der Waals surface area contributed by atoms with Crippen molar-refractivity contribution in [1.29, 1.82) is 0 Å². The minimum Gasteiger partial charge on any atom is -0.454 e. The zero-order chi connectivity index (χ0) is 19.8. The molecule has 2 unspecified atom stereocenters. The van der Waals surface area contributed by atoms with E-state index in [0.29, 0.717) is 17.1 Å². The van der Waals surface area contributed by atoms with Gasteiger partial charge in [0.2, 0.25) is 6.79 Å². The topological polar surface area (TPSA) is 50.8 Å². The molecule has 1 N–H and O–H groups in total. The minimum atomic E-state index is -0.0265. The van der Waals surface area contributed by atoms with Crippen LogP contribution in [-0.4, -0.2) is 18.7 Å². The van der Waals surface area contributed by atoms with E-state index >= 15 is 0 Å². The second kappa shape index (κ2) is 7.17. The van der Waals surface area contributed by atoms with Gasteiger partial charge in [0.1, 0.15) is 0 Å². The van der Waals surface area contributed by atoms with Gasteiger partial charge in [-0.3, -0.25) is 4.79 Å². The van der Waals surface area contributed by atoms with E-state index in [0.717, 1.165) is 23.4 Å². The molecule has 5 rings (SSSR count). The molecule has 1 amide bonds. The highest BCUT2D eigenvalue weighted by atomic mass is 16.7. The maximum Gasteiger partial charge on any atom is 0.258 e. The third-order valence-corrected chi connectivity index (χ3v) is 5.54. The number of ether oxygens (including phenoxy) is 2. The number of rotatable bonds is 3. The van der Waals surface area contributed by atoms with E-state index in [9.17, 15) is 4.79 Å². The fourth-order valence-electron chi connectivity index (χ4n) is 4.16. The Balaban J connectivity index is 1.48. The van der Waals surface area contributed by atoms with Crippen molar-refractivity contribution in [1.82, 2.24) is 0 Å².